The summed E-state index contributed by atoms with van der Waals surface area (Å²) in [6, 6.07) is 24.0. The van der Waals surface area contributed by atoms with Crippen LogP contribution in [0.1, 0.15) is 35.8 Å². The largest absolute Gasteiger partial charge is 0.364 e. The van der Waals surface area contributed by atoms with E-state index in [2.05, 4.69) is 18.9 Å². The van der Waals surface area contributed by atoms with Gasteiger partial charge in [-0.3, -0.25) is 14.2 Å². The van der Waals surface area contributed by atoms with E-state index in [1.165, 1.54) is 14.8 Å². The van der Waals surface area contributed by atoms with Crippen molar-refractivity contribution in [2.45, 2.75) is 19.8 Å². The van der Waals surface area contributed by atoms with Crippen molar-refractivity contribution >= 4 is 28.5 Å². The zero-order valence-corrected chi connectivity index (χ0v) is 19.9. The van der Waals surface area contributed by atoms with Gasteiger partial charge in [-0.25, -0.2) is 9.67 Å². The van der Waals surface area contributed by atoms with Gasteiger partial charge in [-0.2, -0.15) is 5.10 Å². The lowest BCUT2D eigenvalue weighted by atomic mass is 10.0. The van der Waals surface area contributed by atoms with Crippen LogP contribution in [0.15, 0.2) is 83.7 Å². The minimum Gasteiger partial charge on any atom is -0.364 e. The molecule has 0 saturated carbocycles. The van der Waals surface area contributed by atoms with E-state index in [-0.39, 0.29) is 16.7 Å². The average Bonchev–Trinajstić information content (AvgIpc) is 3.26. The molecule has 7 nitrogen and oxygen atoms in total. The zero-order valence-electron chi connectivity index (χ0n) is 19.1. The molecule has 35 heavy (non-hydrogen) atoms. The van der Waals surface area contributed by atoms with Crippen LogP contribution < -0.4 is 11.3 Å². The number of nitrogens with zero attached hydrogens (tertiary/aromatic N) is 4. The molecule has 0 aliphatic heterocycles. The molecule has 1 amide bonds. The van der Waals surface area contributed by atoms with Gasteiger partial charge in [0.05, 0.1) is 11.4 Å². The Labute approximate surface area is 206 Å². The topological polar surface area (TPSA) is 95.8 Å². The normalized spacial score (nSPS) is 11.3. The molecular weight excluding hydrogens is 462 g/mol. The van der Waals surface area contributed by atoms with E-state index in [1.54, 1.807) is 24.3 Å². The molecule has 8 heteroatoms. The van der Waals surface area contributed by atoms with Crippen molar-refractivity contribution in [3.8, 4) is 22.8 Å². The van der Waals surface area contributed by atoms with E-state index in [0.717, 1.165) is 5.56 Å². The van der Waals surface area contributed by atoms with E-state index in [1.807, 2.05) is 54.6 Å². The van der Waals surface area contributed by atoms with Crippen molar-refractivity contribution in [3.63, 3.8) is 0 Å². The van der Waals surface area contributed by atoms with E-state index in [0.29, 0.717) is 28.1 Å². The van der Waals surface area contributed by atoms with Crippen molar-refractivity contribution in [3.05, 3.63) is 105 Å². The molecule has 0 aliphatic carbocycles. The molecule has 174 valence electrons. The molecule has 0 atom stereocenters. The summed E-state index contributed by atoms with van der Waals surface area (Å²) in [5.74, 6) is -0.0379. The van der Waals surface area contributed by atoms with Crippen LogP contribution in [0.3, 0.4) is 0 Å². The second-order valence-electron chi connectivity index (χ2n) is 8.49. The van der Waals surface area contributed by atoms with Crippen molar-refractivity contribution < 1.29 is 4.79 Å². The SMILES string of the molecule is CC(C)c1ccc(-c2nc3c(c(C(N)=O)nn3-c3ccccc3)c(=O)n2-c2ccc(Cl)cc2)cc1. The number of carbonyl (C=O) groups excluding carboxylic acids is 1. The molecule has 0 fully saturated rings. The van der Waals surface area contributed by atoms with Gasteiger partial charge in [0.2, 0.25) is 0 Å². The molecule has 0 radical (unpaired) electrons. The lowest BCUT2D eigenvalue weighted by Crippen LogP contribution is -2.24. The minimum absolute atomic E-state index is 0.0545. The summed E-state index contributed by atoms with van der Waals surface area (Å²) in [4.78, 5) is 31.2. The molecule has 5 rings (SSSR count). The van der Waals surface area contributed by atoms with Crippen molar-refractivity contribution in [2.24, 2.45) is 5.73 Å². The summed E-state index contributed by atoms with van der Waals surface area (Å²) < 4.78 is 2.95. The van der Waals surface area contributed by atoms with Crippen LogP contribution in [0.5, 0.6) is 0 Å². The lowest BCUT2D eigenvalue weighted by Gasteiger charge is -2.14. The summed E-state index contributed by atoms with van der Waals surface area (Å²) in [5.41, 5.74) is 8.42. The van der Waals surface area contributed by atoms with Crippen LogP contribution in [0, 0.1) is 0 Å². The number of primary amides is 1. The van der Waals surface area contributed by atoms with Gasteiger partial charge in [0.1, 0.15) is 11.2 Å². The Morgan fingerprint density at radius 2 is 1.57 bits per heavy atom. The zero-order chi connectivity index (χ0) is 24.7. The average molecular weight is 484 g/mol. The Morgan fingerprint density at radius 1 is 0.914 bits per heavy atom. The maximum Gasteiger partial charge on any atom is 0.270 e. The first kappa shape index (κ1) is 22.6. The third kappa shape index (κ3) is 4.00. The molecule has 2 heterocycles. The van der Waals surface area contributed by atoms with Gasteiger partial charge in [0.15, 0.2) is 11.3 Å². The third-order valence-electron chi connectivity index (χ3n) is 5.86. The predicted octanol–water partition coefficient (Wildman–Crippen LogP) is 5.11. The van der Waals surface area contributed by atoms with Crippen molar-refractivity contribution in [1.29, 1.82) is 0 Å². The number of aromatic nitrogens is 4. The van der Waals surface area contributed by atoms with Crippen LogP contribution in [0.4, 0.5) is 0 Å². The summed E-state index contributed by atoms with van der Waals surface area (Å²) in [5, 5.41) is 4.98. The summed E-state index contributed by atoms with van der Waals surface area (Å²) in [6.45, 7) is 4.24. The number of nitrogens with two attached hydrogens (primary N) is 1. The Morgan fingerprint density at radius 3 is 2.17 bits per heavy atom. The maximum absolute atomic E-state index is 14.0. The number of fused-ring (bicyclic) bond motifs is 1. The number of hydrogen-bond acceptors (Lipinski definition) is 4. The van der Waals surface area contributed by atoms with E-state index >= 15 is 0 Å². The second kappa shape index (κ2) is 8.85. The minimum atomic E-state index is -0.805. The van der Waals surface area contributed by atoms with Gasteiger partial charge in [-0.05, 0) is 47.9 Å². The molecule has 0 spiro atoms. The molecular formula is C27H22ClN5O2. The first-order valence-corrected chi connectivity index (χ1v) is 11.5. The van der Waals surface area contributed by atoms with Crippen molar-refractivity contribution in [2.75, 3.05) is 0 Å². The molecule has 0 bridgehead atoms. The second-order valence-corrected chi connectivity index (χ2v) is 8.92. The lowest BCUT2D eigenvalue weighted by molar-refractivity contribution is 0.0996. The number of hydrogen-bond donors (Lipinski definition) is 1. The van der Waals surface area contributed by atoms with E-state index in [4.69, 9.17) is 22.3 Å². The Kier molecular flexibility index (Phi) is 5.70. The summed E-state index contributed by atoms with van der Waals surface area (Å²) in [7, 11) is 0. The van der Waals surface area contributed by atoms with Crippen LogP contribution in [-0.4, -0.2) is 25.2 Å². The maximum atomic E-state index is 14.0. The molecule has 5 aromatic rings. The van der Waals surface area contributed by atoms with Crippen LogP contribution in [0.2, 0.25) is 5.02 Å². The Bertz CT molecular complexity index is 1600. The number of rotatable bonds is 5. The fourth-order valence-corrected chi connectivity index (χ4v) is 4.16. The van der Waals surface area contributed by atoms with E-state index in [9.17, 15) is 9.59 Å². The molecule has 3 aromatic carbocycles. The highest BCUT2D eigenvalue weighted by Crippen LogP contribution is 2.27. The fraction of sp³-hybridized carbons (Fsp3) is 0.111. The van der Waals surface area contributed by atoms with Gasteiger partial charge in [-0.15, -0.1) is 0 Å². The van der Waals surface area contributed by atoms with E-state index < -0.39 is 11.5 Å². The van der Waals surface area contributed by atoms with Crippen LogP contribution >= 0.6 is 11.6 Å². The quantitative estimate of drug-likeness (QED) is 0.375. The van der Waals surface area contributed by atoms with Crippen molar-refractivity contribution in [1.82, 2.24) is 19.3 Å². The standard InChI is InChI=1S/C27H22ClN5O2/c1-16(2)17-8-10-18(11-9-17)25-30-26-22(27(35)32(25)20-14-12-19(28)13-15-20)23(24(29)34)31-33(26)21-6-4-3-5-7-21/h3-16H,1-2H3,(H2,29,34). The molecule has 0 saturated heterocycles. The number of halogens is 1. The highest BCUT2D eigenvalue weighted by Gasteiger charge is 2.25. The number of carbonyl (C=O) groups is 1. The summed E-state index contributed by atoms with van der Waals surface area (Å²) in [6.07, 6.45) is 0. The predicted molar refractivity (Wildman–Crippen MR) is 138 cm³/mol. The fourth-order valence-electron chi connectivity index (χ4n) is 4.03. The van der Waals surface area contributed by atoms with Crippen LogP contribution in [0.25, 0.3) is 33.8 Å². The van der Waals surface area contributed by atoms with Gasteiger partial charge in [0.25, 0.3) is 11.5 Å². The molecule has 2 aromatic heterocycles. The number of amides is 1. The van der Waals surface area contributed by atoms with Gasteiger partial charge >= 0.3 is 0 Å². The van der Waals surface area contributed by atoms with Gasteiger partial charge in [0, 0.05) is 10.6 Å². The Hall–Kier alpha value is -4.23. The molecule has 2 N–H and O–H groups in total. The summed E-state index contributed by atoms with van der Waals surface area (Å²) >= 11 is 6.10. The monoisotopic (exact) mass is 483 g/mol. The van der Waals surface area contributed by atoms with Gasteiger partial charge in [-0.1, -0.05) is 67.9 Å². The van der Waals surface area contributed by atoms with Gasteiger partial charge < -0.3 is 5.73 Å². The highest BCUT2D eigenvalue weighted by atomic mass is 35.5. The Balaban J connectivity index is 1.89. The molecule has 0 unspecified atom stereocenters. The smallest absolute Gasteiger partial charge is 0.270 e. The number of para-hydroxylation sites is 1. The highest BCUT2D eigenvalue weighted by molar-refractivity contribution is 6.30. The molecule has 0 aliphatic rings. The third-order valence-corrected chi connectivity index (χ3v) is 6.11. The van der Waals surface area contributed by atoms with Crippen LogP contribution in [-0.2, 0) is 0 Å². The first-order valence-electron chi connectivity index (χ1n) is 11.1. The number of benzene rings is 3. The first-order chi connectivity index (χ1) is 16.8.